The van der Waals surface area contributed by atoms with Gasteiger partial charge in [0.25, 0.3) is 0 Å². The van der Waals surface area contributed by atoms with E-state index in [1.54, 1.807) is 0 Å². The van der Waals surface area contributed by atoms with Crippen LogP contribution in [0.2, 0.25) is 0 Å². The summed E-state index contributed by atoms with van der Waals surface area (Å²) in [7, 11) is 1.53. The van der Waals surface area contributed by atoms with Crippen LogP contribution in [0, 0.1) is 0 Å². The fourth-order valence-corrected chi connectivity index (χ4v) is 4.04. The number of ketones is 1. The molecule has 1 aromatic heterocycles. The number of hydrogen-bond donors (Lipinski definition) is 2. The summed E-state index contributed by atoms with van der Waals surface area (Å²) in [5.74, 6) is 0.108. The minimum atomic E-state index is -0.725. The second-order valence-electron chi connectivity index (χ2n) is 6.87. The number of aromatic hydroxyl groups is 2. The van der Waals surface area contributed by atoms with Gasteiger partial charge in [0.15, 0.2) is 22.7 Å². The van der Waals surface area contributed by atoms with Crippen molar-refractivity contribution in [2.45, 2.75) is 45.4 Å². The van der Waals surface area contributed by atoms with Crippen molar-refractivity contribution < 1.29 is 24.2 Å². The molecule has 0 bridgehead atoms. The third-order valence-electron chi connectivity index (χ3n) is 5.62. The minimum Gasteiger partial charge on any atom is -0.504 e. The number of fused-ring (bicyclic) bond motifs is 1. The van der Waals surface area contributed by atoms with Gasteiger partial charge in [0.2, 0.25) is 0 Å². The molecule has 0 amide bonds. The normalized spacial score (nSPS) is 15.5. The fourth-order valence-electron chi connectivity index (χ4n) is 4.04. The topological polar surface area (TPSA) is 97.0 Å². The smallest absolute Gasteiger partial charge is 0.199 e. The van der Waals surface area contributed by atoms with Crippen molar-refractivity contribution in [3.8, 4) is 22.8 Å². The average molecular weight is 384 g/mol. The molecule has 1 aliphatic rings. The van der Waals surface area contributed by atoms with Crippen molar-refractivity contribution in [3.63, 3.8) is 0 Å². The molecule has 0 spiro atoms. The maximum atomic E-state index is 13.0. The lowest BCUT2D eigenvalue weighted by atomic mass is 9.69. The standard InChI is InChI=1S/C22H24O6/c1-5-13-19(26)18-16(25)11-17(12-8-9-14(23)15(24)10-12)28-21(18)22(6-2,7-3)20(13)27-4/h8-11,23-24H,5-7H2,1-4H3. The highest BCUT2D eigenvalue weighted by Gasteiger charge is 2.47. The molecule has 6 nitrogen and oxygen atoms in total. The van der Waals surface area contributed by atoms with E-state index >= 15 is 0 Å². The minimum absolute atomic E-state index is 0.0492. The fraction of sp³-hybridized carbons (Fsp3) is 0.364. The van der Waals surface area contributed by atoms with Gasteiger partial charge in [0.1, 0.15) is 22.8 Å². The summed E-state index contributed by atoms with van der Waals surface area (Å²) in [6.07, 6.45) is 1.63. The van der Waals surface area contributed by atoms with Gasteiger partial charge in [-0.2, -0.15) is 0 Å². The van der Waals surface area contributed by atoms with Crippen molar-refractivity contribution in [2.24, 2.45) is 0 Å². The highest BCUT2D eigenvalue weighted by Crippen LogP contribution is 2.47. The van der Waals surface area contributed by atoms with E-state index in [0.29, 0.717) is 41.9 Å². The molecule has 1 aliphatic carbocycles. The number of ether oxygens (including phenoxy) is 1. The molecule has 6 heteroatoms. The SMILES string of the molecule is CCC1=C(OC)C(CC)(CC)c2oc(-c3ccc(O)c(O)c3)cc(=O)c2C1=O. The Kier molecular flexibility index (Phi) is 5.06. The number of benzene rings is 1. The van der Waals surface area contributed by atoms with Gasteiger partial charge in [-0.1, -0.05) is 20.8 Å². The number of carbonyl (C=O) groups is 1. The van der Waals surface area contributed by atoms with Gasteiger partial charge in [-0.3, -0.25) is 9.59 Å². The van der Waals surface area contributed by atoms with Crippen molar-refractivity contribution in [3.05, 3.63) is 57.1 Å². The Balaban J connectivity index is 2.36. The molecule has 148 valence electrons. The maximum absolute atomic E-state index is 13.0. The summed E-state index contributed by atoms with van der Waals surface area (Å²) in [5, 5.41) is 19.3. The zero-order valence-corrected chi connectivity index (χ0v) is 16.5. The average Bonchev–Trinajstić information content (AvgIpc) is 2.69. The van der Waals surface area contributed by atoms with Crippen molar-refractivity contribution in [1.82, 2.24) is 0 Å². The molecular weight excluding hydrogens is 360 g/mol. The molecule has 0 radical (unpaired) electrons. The van der Waals surface area contributed by atoms with E-state index in [9.17, 15) is 19.8 Å². The zero-order chi connectivity index (χ0) is 20.6. The Hall–Kier alpha value is -3.02. The number of phenolic OH excluding ortho intramolecular Hbond substituents is 2. The molecule has 2 N–H and O–H groups in total. The van der Waals surface area contributed by atoms with Gasteiger partial charge < -0.3 is 19.4 Å². The number of hydrogen-bond acceptors (Lipinski definition) is 6. The Morgan fingerprint density at radius 2 is 1.71 bits per heavy atom. The van der Waals surface area contributed by atoms with E-state index in [-0.39, 0.29) is 28.6 Å². The quantitative estimate of drug-likeness (QED) is 0.747. The second kappa shape index (κ2) is 7.19. The van der Waals surface area contributed by atoms with E-state index in [4.69, 9.17) is 9.15 Å². The van der Waals surface area contributed by atoms with Crippen LogP contribution in [0.1, 0.15) is 56.2 Å². The van der Waals surface area contributed by atoms with Crippen molar-refractivity contribution >= 4 is 5.78 Å². The number of allylic oxidation sites excluding steroid dienone is 2. The van der Waals surface area contributed by atoms with E-state index in [1.807, 2.05) is 20.8 Å². The molecule has 0 aliphatic heterocycles. The maximum Gasteiger partial charge on any atom is 0.199 e. The third-order valence-corrected chi connectivity index (χ3v) is 5.62. The third kappa shape index (κ3) is 2.71. The first kappa shape index (κ1) is 19.7. The van der Waals surface area contributed by atoms with Crippen LogP contribution in [0.25, 0.3) is 11.3 Å². The van der Waals surface area contributed by atoms with Gasteiger partial charge in [0.05, 0.1) is 12.5 Å². The molecule has 1 heterocycles. The first-order valence-electron chi connectivity index (χ1n) is 9.37. The lowest BCUT2D eigenvalue weighted by Gasteiger charge is -2.37. The highest BCUT2D eigenvalue weighted by molar-refractivity contribution is 6.11. The Bertz CT molecular complexity index is 1020. The lowest BCUT2D eigenvalue weighted by molar-refractivity contribution is 0.0975. The van der Waals surface area contributed by atoms with E-state index < -0.39 is 10.8 Å². The van der Waals surface area contributed by atoms with Gasteiger partial charge in [-0.25, -0.2) is 0 Å². The van der Waals surface area contributed by atoms with Crippen LogP contribution in [0.5, 0.6) is 11.5 Å². The number of methoxy groups -OCH3 is 1. The number of rotatable bonds is 5. The van der Waals surface area contributed by atoms with E-state index in [0.717, 1.165) is 0 Å². The van der Waals surface area contributed by atoms with Crippen LogP contribution in [0.3, 0.4) is 0 Å². The molecule has 0 saturated carbocycles. The molecule has 0 unspecified atom stereocenters. The van der Waals surface area contributed by atoms with Gasteiger partial charge >= 0.3 is 0 Å². The summed E-state index contributed by atoms with van der Waals surface area (Å²) < 4.78 is 11.8. The van der Waals surface area contributed by atoms with Crippen LogP contribution < -0.4 is 5.43 Å². The van der Waals surface area contributed by atoms with Crippen molar-refractivity contribution in [2.75, 3.05) is 7.11 Å². The lowest BCUT2D eigenvalue weighted by Crippen LogP contribution is -2.39. The largest absolute Gasteiger partial charge is 0.504 e. The molecule has 0 fully saturated rings. The Labute approximate surface area is 163 Å². The monoisotopic (exact) mass is 384 g/mol. The van der Waals surface area contributed by atoms with Gasteiger partial charge in [0, 0.05) is 17.2 Å². The molecular formula is C22H24O6. The van der Waals surface area contributed by atoms with Gasteiger partial charge in [-0.05, 0) is 37.5 Å². The zero-order valence-electron chi connectivity index (χ0n) is 16.5. The predicted molar refractivity (Wildman–Crippen MR) is 105 cm³/mol. The number of phenols is 2. The summed E-state index contributed by atoms with van der Waals surface area (Å²) >= 11 is 0. The molecule has 0 atom stereocenters. The molecule has 3 rings (SSSR count). The number of carbonyl (C=O) groups excluding carboxylic acids is 1. The molecule has 2 aromatic rings. The van der Waals surface area contributed by atoms with Crippen LogP contribution in [0.15, 0.2) is 44.8 Å². The molecule has 0 saturated heterocycles. The summed E-state index contributed by atoms with van der Waals surface area (Å²) in [6, 6.07) is 5.42. The highest BCUT2D eigenvalue weighted by atomic mass is 16.5. The number of Topliss-reactive ketones (excluding diaryl/α,β-unsaturated/α-hetero) is 1. The summed E-state index contributed by atoms with van der Waals surface area (Å²) in [4.78, 5) is 26.0. The van der Waals surface area contributed by atoms with Crippen LogP contribution in [-0.4, -0.2) is 23.1 Å². The Morgan fingerprint density at radius 1 is 1.04 bits per heavy atom. The van der Waals surface area contributed by atoms with Crippen LogP contribution in [-0.2, 0) is 10.2 Å². The Morgan fingerprint density at radius 3 is 2.25 bits per heavy atom. The van der Waals surface area contributed by atoms with Crippen LogP contribution in [0.4, 0.5) is 0 Å². The van der Waals surface area contributed by atoms with E-state index in [2.05, 4.69) is 0 Å². The predicted octanol–water partition coefficient (Wildman–Crippen LogP) is 4.28. The molecule has 28 heavy (non-hydrogen) atoms. The summed E-state index contributed by atoms with van der Waals surface area (Å²) in [5.41, 5.74) is -0.180. The van der Waals surface area contributed by atoms with Gasteiger partial charge in [-0.15, -0.1) is 0 Å². The van der Waals surface area contributed by atoms with E-state index in [1.165, 1.54) is 31.4 Å². The summed E-state index contributed by atoms with van der Waals surface area (Å²) in [6.45, 7) is 5.80. The second-order valence-corrected chi connectivity index (χ2v) is 6.87. The first-order valence-corrected chi connectivity index (χ1v) is 9.37. The molecule has 1 aromatic carbocycles. The first-order chi connectivity index (χ1) is 13.3. The van der Waals surface area contributed by atoms with Crippen molar-refractivity contribution in [1.29, 1.82) is 0 Å². The van der Waals surface area contributed by atoms with Crippen LogP contribution >= 0.6 is 0 Å².